The number of hydrogen-bond acceptors (Lipinski definition) is 2. The van der Waals surface area contributed by atoms with Crippen molar-refractivity contribution in [2.75, 3.05) is 13.7 Å². The number of methoxy groups -OCH3 is 1. The van der Waals surface area contributed by atoms with Gasteiger partial charge in [0.15, 0.2) is 11.6 Å². The van der Waals surface area contributed by atoms with Gasteiger partial charge in [-0.2, -0.15) is 0 Å². The first-order valence-corrected chi connectivity index (χ1v) is 6.38. The molecule has 0 saturated carbocycles. The summed E-state index contributed by atoms with van der Waals surface area (Å²) in [6.45, 7) is 3.75. The molecule has 0 aliphatic rings. The van der Waals surface area contributed by atoms with Crippen molar-refractivity contribution in [3.05, 3.63) is 53.8 Å². The van der Waals surface area contributed by atoms with Crippen LogP contribution < -0.4 is 10.1 Å². The van der Waals surface area contributed by atoms with Crippen molar-refractivity contribution in [2.24, 2.45) is 0 Å². The Morgan fingerprint density at radius 2 is 1.95 bits per heavy atom. The van der Waals surface area contributed by atoms with Crippen molar-refractivity contribution < 1.29 is 9.13 Å². The summed E-state index contributed by atoms with van der Waals surface area (Å²) in [5.41, 5.74) is 3.07. The fraction of sp³-hybridized carbons (Fsp3) is 0.250. The molecule has 0 spiro atoms. The Hall–Kier alpha value is -1.87. The molecule has 3 heteroatoms. The van der Waals surface area contributed by atoms with Crippen LogP contribution in [0.25, 0.3) is 11.1 Å². The van der Waals surface area contributed by atoms with Crippen LogP contribution in [-0.4, -0.2) is 13.7 Å². The Morgan fingerprint density at radius 3 is 2.63 bits per heavy atom. The third-order valence-electron chi connectivity index (χ3n) is 3.05. The lowest BCUT2D eigenvalue weighted by Crippen LogP contribution is -2.12. The Morgan fingerprint density at radius 1 is 1.16 bits per heavy atom. The van der Waals surface area contributed by atoms with Crippen LogP contribution in [0.1, 0.15) is 12.5 Å². The van der Waals surface area contributed by atoms with E-state index in [4.69, 9.17) is 4.74 Å². The summed E-state index contributed by atoms with van der Waals surface area (Å²) >= 11 is 0. The van der Waals surface area contributed by atoms with Crippen molar-refractivity contribution >= 4 is 0 Å². The minimum atomic E-state index is -0.335. The molecular formula is C16H18FNO. The molecule has 19 heavy (non-hydrogen) atoms. The minimum Gasteiger partial charge on any atom is -0.494 e. The fourth-order valence-electron chi connectivity index (χ4n) is 2.05. The minimum absolute atomic E-state index is 0.271. The van der Waals surface area contributed by atoms with Gasteiger partial charge >= 0.3 is 0 Å². The van der Waals surface area contributed by atoms with Crippen LogP contribution in [-0.2, 0) is 6.54 Å². The van der Waals surface area contributed by atoms with Crippen LogP contribution in [0.15, 0.2) is 42.5 Å². The lowest BCUT2D eigenvalue weighted by Gasteiger charge is -2.11. The molecule has 2 aromatic rings. The molecule has 2 rings (SSSR count). The summed E-state index contributed by atoms with van der Waals surface area (Å²) in [4.78, 5) is 0. The molecule has 2 aromatic carbocycles. The zero-order valence-electron chi connectivity index (χ0n) is 11.2. The second-order valence-corrected chi connectivity index (χ2v) is 4.29. The van der Waals surface area contributed by atoms with Crippen molar-refractivity contribution in [1.82, 2.24) is 5.32 Å². The van der Waals surface area contributed by atoms with E-state index in [1.165, 1.54) is 13.2 Å². The molecule has 0 amide bonds. The third kappa shape index (κ3) is 3.12. The smallest absolute Gasteiger partial charge is 0.165 e. The van der Waals surface area contributed by atoms with Crippen LogP contribution in [0.4, 0.5) is 4.39 Å². The average molecular weight is 259 g/mol. The van der Waals surface area contributed by atoms with Crippen molar-refractivity contribution in [3.8, 4) is 16.9 Å². The lowest BCUT2D eigenvalue weighted by atomic mass is 9.99. The van der Waals surface area contributed by atoms with E-state index in [2.05, 4.69) is 18.3 Å². The molecule has 0 unspecified atom stereocenters. The average Bonchev–Trinajstić information content (AvgIpc) is 2.45. The highest BCUT2D eigenvalue weighted by Gasteiger charge is 2.08. The molecule has 0 aliphatic carbocycles. The van der Waals surface area contributed by atoms with E-state index < -0.39 is 0 Å². The molecule has 0 atom stereocenters. The van der Waals surface area contributed by atoms with Gasteiger partial charge in [0.2, 0.25) is 0 Å². The SMILES string of the molecule is CCNCc1ccccc1-c1ccc(OC)c(F)c1. The quantitative estimate of drug-likeness (QED) is 0.885. The lowest BCUT2D eigenvalue weighted by molar-refractivity contribution is 0.386. The van der Waals surface area contributed by atoms with Gasteiger partial charge in [-0.25, -0.2) is 4.39 Å². The van der Waals surface area contributed by atoms with Gasteiger partial charge in [-0.15, -0.1) is 0 Å². The maximum atomic E-state index is 13.8. The van der Waals surface area contributed by atoms with Gasteiger partial charge in [-0.05, 0) is 35.4 Å². The summed E-state index contributed by atoms with van der Waals surface area (Å²) in [6.07, 6.45) is 0. The van der Waals surface area contributed by atoms with E-state index >= 15 is 0 Å². The predicted octanol–water partition coefficient (Wildman–Crippen LogP) is 3.61. The molecule has 0 aromatic heterocycles. The van der Waals surface area contributed by atoms with Crippen LogP contribution >= 0.6 is 0 Å². The first kappa shape index (κ1) is 13.6. The van der Waals surface area contributed by atoms with Gasteiger partial charge in [0, 0.05) is 6.54 Å². The van der Waals surface area contributed by atoms with Gasteiger partial charge in [0.1, 0.15) is 0 Å². The van der Waals surface area contributed by atoms with Crippen LogP contribution in [0, 0.1) is 5.82 Å². The maximum Gasteiger partial charge on any atom is 0.165 e. The molecular weight excluding hydrogens is 241 g/mol. The number of hydrogen-bond donors (Lipinski definition) is 1. The van der Waals surface area contributed by atoms with E-state index in [-0.39, 0.29) is 11.6 Å². The van der Waals surface area contributed by atoms with Gasteiger partial charge in [0.25, 0.3) is 0 Å². The number of rotatable bonds is 5. The molecule has 0 aliphatic heterocycles. The monoisotopic (exact) mass is 259 g/mol. The van der Waals surface area contributed by atoms with Gasteiger partial charge in [0.05, 0.1) is 7.11 Å². The number of ether oxygens (including phenoxy) is 1. The Bertz CT molecular complexity index is 554. The Labute approximate surface area is 113 Å². The summed E-state index contributed by atoms with van der Waals surface area (Å²) in [6, 6.07) is 13.1. The van der Waals surface area contributed by atoms with Crippen molar-refractivity contribution in [1.29, 1.82) is 0 Å². The van der Waals surface area contributed by atoms with Crippen LogP contribution in [0.5, 0.6) is 5.75 Å². The van der Waals surface area contributed by atoms with E-state index in [1.807, 2.05) is 24.3 Å². The van der Waals surface area contributed by atoms with Gasteiger partial charge in [-0.3, -0.25) is 0 Å². The number of benzene rings is 2. The van der Waals surface area contributed by atoms with Crippen molar-refractivity contribution in [2.45, 2.75) is 13.5 Å². The first-order chi connectivity index (χ1) is 9.26. The summed E-state index contributed by atoms with van der Waals surface area (Å²) in [5, 5.41) is 3.29. The second-order valence-electron chi connectivity index (χ2n) is 4.29. The number of halogens is 1. The van der Waals surface area contributed by atoms with Gasteiger partial charge in [-0.1, -0.05) is 37.3 Å². The van der Waals surface area contributed by atoms with Crippen LogP contribution in [0.2, 0.25) is 0 Å². The number of nitrogens with one attached hydrogen (secondary N) is 1. The van der Waals surface area contributed by atoms with E-state index in [0.717, 1.165) is 29.8 Å². The molecule has 2 nitrogen and oxygen atoms in total. The molecule has 0 saturated heterocycles. The van der Waals surface area contributed by atoms with Crippen molar-refractivity contribution in [3.63, 3.8) is 0 Å². The highest BCUT2D eigenvalue weighted by atomic mass is 19.1. The molecule has 100 valence electrons. The summed E-state index contributed by atoms with van der Waals surface area (Å²) in [5.74, 6) is -0.0637. The zero-order chi connectivity index (χ0) is 13.7. The normalized spacial score (nSPS) is 10.5. The summed E-state index contributed by atoms with van der Waals surface area (Å²) < 4.78 is 18.7. The van der Waals surface area contributed by atoms with Crippen LogP contribution in [0.3, 0.4) is 0 Å². The molecule has 1 N–H and O–H groups in total. The predicted molar refractivity (Wildman–Crippen MR) is 75.8 cm³/mol. The summed E-state index contributed by atoms with van der Waals surface area (Å²) in [7, 11) is 1.47. The third-order valence-corrected chi connectivity index (χ3v) is 3.05. The Balaban J connectivity index is 2.38. The van der Waals surface area contributed by atoms with E-state index in [9.17, 15) is 4.39 Å². The van der Waals surface area contributed by atoms with Gasteiger partial charge < -0.3 is 10.1 Å². The van der Waals surface area contributed by atoms with E-state index in [0.29, 0.717) is 0 Å². The fourth-order valence-corrected chi connectivity index (χ4v) is 2.05. The Kier molecular flexibility index (Phi) is 4.53. The molecule has 0 heterocycles. The second kappa shape index (κ2) is 6.34. The maximum absolute atomic E-state index is 13.8. The highest BCUT2D eigenvalue weighted by Crippen LogP contribution is 2.28. The molecule has 0 radical (unpaired) electrons. The standard InChI is InChI=1S/C16H18FNO/c1-3-18-11-13-6-4-5-7-14(13)12-8-9-16(19-2)15(17)10-12/h4-10,18H,3,11H2,1-2H3. The first-order valence-electron chi connectivity index (χ1n) is 6.38. The largest absolute Gasteiger partial charge is 0.494 e. The zero-order valence-corrected chi connectivity index (χ0v) is 11.2. The molecule has 0 fully saturated rings. The highest BCUT2D eigenvalue weighted by molar-refractivity contribution is 5.68. The molecule has 0 bridgehead atoms. The topological polar surface area (TPSA) is 21.3 Å². The van der Waals surface area contributed by atoms with E-state index in [1.54, 1.807) is 6.07 Å².